The zero-order valence-corrected chi connectivity index (χ0v) is 9.24. The summed E-state index contributed by atoms with van der Waals surface area (Å²) >= 11 is 0. The van der Waals surface area contributed by atoms with Crippen molar-refractivity contribution < 1.29 is 9.18 Å². The van der Waals surface area contributed by atoms with Crippen LogP contribution in [0.2, 0.25) is 0 Å². The molecular formula is C12H15FN2O. The Labute approximate surface area is 94.3 Å². The molecule has 0 bridgehead atoms. The van der Waals surface area contributed by atoms with E-state index < -0.39 is 0 Å². The average Bonchev–Trinajstić information content (AvgIpc) is 2.76. The fraction of sp³-hybridized carbons (Fsp3) is 0.417. The van der Waals surface area contributed by atoms with E-state index in [2.05, 4.69) is 5.32 Å². The van der Waals surface area contributed by atoms with E-state index >= 15 is 0 Å². The molecule has 16 heavy (non-hydrogen) atoms. The molecule has 0 radical (unpaired) electrons. The average molecular weight is 222 g/mol. The molecule has 0 saturated carbocycles. The van der Waals surface area contributed by atoms with Gasteiger partial charge in [0.25, 0.3) is 5.91 Å². The Hall–Kier alpha value is -1.42. The summed E-state index contributed by atoms with van der Waals surface area (Å²) in [7, 11) is 1.89. The predicted molar refractivity (Wildman–Crippen MR) is 59.8 cm³/mol. The summed E-state index contributed by atoms with van der Waals surface area (Å²) < 4.78 is 13.0. The van der Waals surface area contributed by atoms with Gasteiger partial charge in [-0.1, -0.05) is 6.07 Å². The third kappa shape index (κ3) is 2.22. The van der Waals surface area contributed by atoms with Crippen molar-refractivity contribution >= 4 is 5.91 Å². The predicted octanol–water partition coefficient (Wildman–Crippen LogP) is 1.26. The summed E-state index contributed by atoms with van der Waals surface area (Å²) in [6.45, 7) is 1.44. The van der Waals surface area contributed by atoms with Gasteiger partial charge in [-0.05, 0) is 31.7 Å². The first kappa shape index (κ1) is 11.1. The molecule has 1 aliphatic heterocycles. The molecule has 1 heterocycles. The first-order chi connectivity index (χ1) is 7.70. The maximum absolute atomic E-state index is 13.0. The molecule has 86 valence electrons. The SMILES string of the molecule is CNC1CCN(C(=O)c2cccc(F)c2)C1. The van der Waals surface area contributed by atoms with E-state index in [-0.39, 0.29) is 11.7 Å². The molecule has 1 N–H and O–H groups in total. The number of rotatable bonds is 2. The van der Waals surface area contributed by atoms with Gasteiger partial charge in [0.2, 0.25) is 0 Å². The van der Waals surface area contributed by atoms with Crippen LogP contribution in [0.1, 0.15) is 16.8 Å². The molecule has 1 aliphatic rings. The van der Waals surface area contributed by atoms with Crippen LogP contribution in [0.15, 0.2) is 24.3 Å². The number of carbonyl (C=O) groups excluding carboxylic acids is 1. The van der Waals surface area contributed by atoms with Gasteiger partial charge in [-0.25, -0.2) is 4.39 Å². The second-order valence-electron chi connectivity index (χ2n) is 4.04. The Kier molecular flexibility index (Phi) is 3.19. The number of halogens is 1. The summed E-state index contributed by atoms with van der Waals surface area (Å²) in [4.78, 5) is 13.8. The molecule has 1 aromatic carbocycles. The van der Waals surface area contributed by atoms with Crippen molar-refractivity contribution in [3.8, 4) is 0 Å². The van der Waals surface area contributed by atoms with Crippen molar-refractivity contribution in [1.82, 2.24) is 10.2 Å². The van der Waals surface area contributed by atoms with E-state index in [9.17, 15) is 9.18 Å². The van der Waals surface area contributed by atoms with Crippen molar-refractivity contribution in [2.75, 3.05) is 20.1 Å². The lowest BCUT2D eigenvalue weighted by Gasteiger charge is -2.16. The molecule has 4 heteroatoms. The number of nitrogens with zero attached hydrogens (tertiary/aromatic N) is 1. The van der Waals surface area contributed by atoms with Crippen molar-refractivity contribution in [2.45, 2.75) is 12.5 Å². The van der Waals surface area contributed by atoms with Crippen LogP contribution in [0.4, 0.5) is 4.39 Å². The quantitative estimate of drug-likeness (QED) is 0.817. The van der Waals surface area contributed by atoms with Gasteiger partial charge < -0.3 is 10.2 Å². The first-order valence-corrected chi connectivity index (χ1v) is 5.43. The van der Waals surface area contributed by atoms with Gasteiger partial charge >= 0.3 is 0 Å². The van der Waals surface area contributed by atoms with Gasteiger partial charge in [0, 0.05) is 24.7 Å². The van der Waals surface area contributed by atoms with Crippen molar-refractivity contribution in [3.05, 3.63) is 35.6 Å². The Balaban J connectivity index is 2.08. The number of benzene rings is 1. The highest BCUT2D eigenvalue weighted by molar-refractivity contribution is 5.94. The van der Waals surface area contributed by atoms with Crippen LogP contribution in [0.25, 0.3) is 0 Å². The van der Waals surface area contributed by atoms with Crippen LogP contribution < -0.4 is 5.32 Å². The highest BCUT2D eigenvalue weighted by Crippen LogP contribution is 2.14. The summed E-state index contributed by atoms with van der Waals surface area (Å²) in [5.74, 6) is -0.451. The zero-order valence-electron chi connectivity index (χ0n) is 9.24. The van der Waals surface area contributed by atoms with Crippen LogP contribution in [0, 0.1) is 5.82 Å². The van der Waals surface area contributed by atoms with E-state index in [4.69, 9.17) is 0 Å². The number of hydrogen-bond donors (Lipinski definition) is 1. The molecule has 3 nitrogen and oxygen atoms in total. The summed E-state index contributed by atoms with van der Waals surface area (Å²) in [6.07, 6.45) is 0.956. The smallest absolute Gasteiger partial charge is 0.254 e. The van der Waals surface area contributed by atoms with E-state index in [1.54, 1.807) is 17.0 Å². The van der Waals surface area contributed by atoms with Gasteiger partial charge in [0.1, 0.15) is 5.82 Å². The van der Waals surface area contributed by atoms with Crippen molar-refractivity contribution in [3.63, 3.8) is 0 Å². The maximum Gasteiger partial charge on any atom is 0.254 e. The normalized spacial score (nSPS) is 20.1. The van der Waals surface area contributed by atoms with Crippen LogP contribution in [0.5, 0.6) is 0 Å². The molecular weight excluding hydrogens is 207 g/mol. The summed E-state index contributed by atoms with van der Waals surface area (Å²) in [5, 5.41) is 3.14. The van der Waals surface area contributed by atoms with Gasteiger partial charge in [-0.2, -0.15) is 0 Å². The molecule has 1 amide bonds. The molecule has 0 spiro atoms. The topological polar surface area (TPSA) is 32.3 Å². The Morgan fingerprint density at radius 1 is 1.56 bits per heavy atom. The van der Waals surface area contributed by atoms with Crippen molar-refractivity contribution in [1.29, 1.82) is 0 Å². The molecule has 1 unspecified atom stereocenters. The highest BCUT2D eigenvalue weighted by atomic mass is 19.1. The second-order valence-corrected chi connectivity index (χ2v) is 4.04. The lowest BCUT2D eigenvalue weighted by molar-refractivity contribution is 0.0789. The number of nitrogens with one attached hydrogen (secondary N) is 1. The number of amides is 1. The Bertz CT molecular complexity index is 394. The van der Waals surface area contributed by atoms with E-state index in [1.165, 1.54) is 12.1 Å². The molecule has 1 saturated heterocycles. The molecule has 1 atom stereocenters. The second kappa shape index (κ2) is 4.61. The standard InChI is InChI=1S/C12H15FN2O/c1-14-11-5-6-15(8-11)12(16)9-3-2-4-10(13)7-9/h2-4,7,11,14H,5-6,8H2,1H3. The number of likely N-dealkylation sites (tertiary alicyclic amines) is 1. The molecule has 0 aliphatic carbocycles. The molecule has 0 aromatic heterocycles. The minimum atomic E-state index is -0.366. The first-order valence-electron chi connectivity index (χ1n) is 5.43. The lowest BCUT2D eigenvalue weighted by atomic mass is 10.2. The van der Waals surface area contributed by atoms with Crippen LogP contribution in [-0.4, -0.2) is 37.0 Å². The van der Waals surface area contributed by atoms with E-state index in [0.717, 1.165) is 13.0 Å². The van der Waals surface area contributed by atoms with Gasteiger partial charge in [0.05, 0.1) is 0 Å². The van der Waals surface area contributed by atoms with Gasteiger partial charge in [-0.15, -0.1) is 0 Å². The third-order valence-corrected chi connectivity index (χ3v) is 2.96. The van der Waals surface area contributed by atoms with Gasteiger partial charge in [0.15, 0.2) is 0 Å². The Morgan fingerprint density at radius 2 is 2.38 bits per heavy atom. The fourth-order valence-electron chi connectivity index (χ4n) is 1.98. The van der Waals surface area contributed by atoms with Crippen LogP contribution in [-0.2, 0) is 0 Å². The lowest BCUT2D eigenvalue weighted by Crippen LogP contribution is -2.33. The number of carbonyl (C=O) groups is 1. The molecule has 1 aromatic rings. The van der Waals surface area contributed by atoms with E-state index in [0.29, 0.717) is 18.2 Å². The minimum Gasteiger partial charge on any atom is -0.337 e. The molecule has 1 fully saturated rings. The monoisotopic (exact) mass is 222 g/mol. The third-order valence-electron chi connectivity index (χ3n) is 2.96. The minimum absolute atomic E-state index is 0.0859. The van der Waals surface area contributed by atoms with E-state index in [1.807, 2.05) is 7.05 Å². The highest BCUT2D eigenvalue weighted by Gasteiger charge is 2.25. The van der Waals surface area contributed by atoms with Crippen molar-refractivity contribution in [2.24, 2.45) is 0 Å². The summed E-state index contributed by atoms with van der Waals surface area (Å²) in [5.41, 5.74) is 0.428. The van der Waals surface area contributed by atoms with Crippen LogP contribution in [0.3, 0.4) is 0 Å². The number of likely N-dealkylation sites (N-methyl/N-ethyl adjacent to an activating group) is 1. The fourth-order valence-corrected chi connectivity index (χ4v) is 1.98. The maximum atomic E-state index is 13.0. The van der Waals surface area contributed by atoms with Crippen LogP contribution >= 0.6 is 0 Å². The summed E-state index contributed by atoms with van der Waals surface area (Å²) in [6, 6.07) is 6.20. The largest absolute Gasteiger partial charge is 0.337 e. The zero-order chi connectivity index (χ0) is 11.5. The van der Waals surface area contributed by atoms with Gasteiger partial charge in [-0.3, -0.25) is 4.79 Å². The number of hydrogen-bond acceptors (Lipinski definition) is 2. The Morgan fingerprint density at radius 3 is 3.00 bits per heavy atom. The molecule has 2 rings (SSSR count).